The van der Waals surface area contributed by atoms with Gasteiger partial charge < -0.3 is 36.8 Å². The van der Waals surface area contributed by atoms with E-state index in [-0.39, 0.29) is 43.9 Å². The molecule has 0 radical (unpaired) electrons. The molecule has 1 aromatic heterocycles. The lowest BCUT2D eigenvalue weighted by molar-refractivity contribution is -0.142. The van der Waals surface area contributed by atoms with Gasteiger partial charge in [0.15, 0.2) is 0 Å². The van der Waals surface area contributed by atoms with Gasteiger partial charge in [0.05, 0.1) is 32.0 Å². The molecule has 5 amide bonds. The summed E-state index contributed by atoms with van der Waals surface area (Å²) >= 11 is 0. The molecule has 3 rings (SSSR count). The average molecular weight is 752 g/mol. The van der Waals surface area contributed by atoms with E-state index in [4.69, 9.17) is 0 Å². The van der Waals surface area contributed by atoms with E-state index >= 15 is 0 Å². The minimum absolute atomic E-state index is 0.0176. The van der Waals surface area contributed by atoms with E-state index in [1.807, 2.05) is 13.8 Å². The second-order valence-corrected chi connectivity index (χ2v) is 13.2. The maximum atomic E-state index is 13.2. The number of nitrogens with zero attached hydrogens (tertiary/aromatic N) is 3. The third-order valence-electron chi connectivity index (χ3n) is 8.12. The molecule has 3 atom stereocenters. The molecule has 0 aliphatic heterocycles. The quantitative estimate of drug-likeness (QED) is 0.0679. The number of hydrogen-bond donors (Lipinski definition) is 7. The van der Waals surface area contributed by atoms with Gasteiger partial charge >= 0.3 is 5.97 Å². The Hall–Kier alpha value is -5.87. The molecule has 17 heteroatoms. The van der Waals surface area contributed by atoms with Crippen LogP contribution in [0.1, 0.15) is 56.4 Å². The van der Waals surface area contributed by atoms with E-state index in [1.165, 1.54) is 16.8 Å². The Bertz CT molecular complexity index is 1690. The van der Waals surface area contributed by atoms with E-state index in [0.717, 1.165) is 0 Å². The van der Waals surface area contributed by atoms with Crippen LogP contribution in [-0.2, 0) is 54.6 Å². The molecule has 1 heterocycles. The number of carboxylic acids is 1. The van der Waals surface area contributed by atoms with Gasteiger partial charge in [-0.05, 0) is 54.9 Å². The van der Waals surface area contributed by atoms with Crippen molar-refractivity contribution in [3.63, 3.8) is 0 Å². The number of hydrogen-bond acceptors (Lipinski definition) is 9. The number of halogens is 1. The number of alkyl halides is 1. The normalized spacial score (nSPS) is 12.6. The number of rotatable bonds is 23. The number of carboxylic acid groups (broad SMARTS) is 1. The molecule has 0 spiro atoms. The lowest BCUT2D eigenvalue weighted by Crippen LogP contribution is -2.54. The maximum Gasteiger partial charge on any atom is 0.326 e. The lowest BCUT2D eigenvalue weighted by atomic mass is 10.0. The molecular formula is C37H49FN8O8. The number of phenolic OH excluding ortho intramolecular Hbond substituents is 1. The van der Waals surface area contributed by atoms with Crippen LogP contribution in [0.2, 0.25) is 0 Å². The SMILES string of the molecule is CC(C)C[C@H](NC(=O)[C@H](Cc1ccccc1)NC(=O)CNC(=O)CNC(=O)[C@H](Cc1ccc(O)cc1)NC(=O)CCn1cc(CCCC[18F])nn1)C(=O)O. The zero-order chi connectivity index (χ0) is 39.5. The van der Waals surface area contributed by atoms with Crippen molar-refractivity contribution in [3.8, 4) is 5.75 Å². The summed E-state index contributed by atoms with van der Waals surface area (Å²) in [6.45, 7) is 2.31. The highest BCUT2D eigenvalue weighted by Gasteiger charge is 2.28. The van der Waals surface area contributed by atoms with Crippen LogP contribution in [0.3, 0.4) is 0 Å². The van der Waals surface area contributed by atoms with E-state index in [9.17, 15) is 43.4 Å². The molecular weight excluding hydrogens is 702 g/mol. The van der Waals surface area contributed by atoms with Crippen LogP contribution in [0.15, 0.2) is 60.8 Å². The monoisotopic (exact) mass is 751 g/mol. The van der Waals surface area contributed by atoms with Crippen LogP contribution >= 0.6 is 0 Å². The molecule has 7 N–H and O–H groups in total. The van der Waals surface area contributed by atoms with E-state index in [2.05, 4.69) is 36.9 Å². The van der Waals surface area contributed by atoms with Crippen LogP contribution in [0.4, 0.5) is 4.39 Å². The van der Waals surface area contributed by atoms with Gasteiger partial charge in [-0.1, -0.05) is 61.5 Å². The Balaban J connectivity index is 1.56. The van der Waals surface area contributed by atoms with Gasteiger partial charge in [0.1, 0.15) is 23.9 Å². The molecule has 54 heavy (non-hydrogen) atoms. The third-order valence-corrected chi connectivity index (χ3v) is 8.12. The van der Waals surface area contributed by atoms with E-state index in [1.54, 1.807) is 48.7 Å². The summed E-state index contributed by atoms with van der Waals surface area (Å²) in [5.41, 5.74) is 2.01. The highest BCUT2D eigenvalue weighted by Crippen LogP contribution is 2.12. The van der Waals surface area contributed by atoms with Crippen molar-refractivity contribution >= 4 is 35.5 Å². The first-order valence-corrected chi connectivity index (χ1v) is 17.8. The van der Waals surface area contributed by atoms with Gasteiger partial charge in [-0.2, -0.15) is 0 Å². The molecule has 0 saturated carbocycles. The Morgan fingerprint density at radius 1 is 0.759 bits per heavy atom. The number of carbonyl (C=O) groups excluding carboxylic acids is 5. The number of phenols is 1. The van der Waals surface area contributed by atoms with Crippen molar-refractivity contribution in [1.82, 2.24) is 41.6 Å². The highest BCUT2D eigenvalue weighted by atomic mass is 18.2. The topological polar surface area (TPSA) is 234 Å². The first-order valence-electron chi connectivity index (χ1n) is 17.8. The molecule has 16 nitrogen and oxygen atoms in total. The predicted molar refractivity (Wildman–Crippen MR) is 194 cm³/mol. The number of unbranched alkanes of at least 4 members (excludes halogenated alkanes) is 1. The molecule has 0 fully saturated rings. The minimum Gasteiger partial charge on any atom is -0.508 e. The molecule has 0 unspecified atom stereocenters. The van der Waals surface area contributed by atoms with Crippen LogP contribution in [-0.4, -0.2) is 98.6 Å². The van der Waals surface area contributed by atoms with E-state index in [0.29, 0.717) is 36.1 Å². The largest absolute Gasteiger partial charge is 0.508 e. The van der Waals surface area contributed by atoms with Crippen molar-refractivity contribution < 1.29 is 43.4 Å². The fourth-order valence-electron chi connectivity index (χ4n) is 5.32. The van der Waals surface area contributed by atoms with Crippen molar-refractivity contribution in [3.05, 3.63) is 77.6 Å². The number of nitrogens with one attached hydrogen (secondary N) is 5. The summed E-state index contributed by atoms with van der Waals surface area (Å²) in [4.78, 5) is 76.6. The molecule has 3 aromatic rings. The molecule has 2 aromatic carbocycles. The summed E-state index contributed by atoms with van der Waals surface area (Å²) < 4.78 is 13.9. The van der Waals surface area contributed by atoms with Gasteiger partial charge in [0.25, 0.3) is 0 Å². The second-order valence-electron chi connectivity index (χ2n) is 13.2. The molecule has 292 valence electrons. The molecule has 0 aliphatic carbocycles. The van der Waals surface area contributed by atoms with Gasteiger partial charge in [-0.15, -0.1) is 5.10 Å². The zero-order valence-electron chi connectivity index (χ0n) is 30.4. The Kier molecular flexibility index (Phi) is 17.5. The summed E-state index contributed by atoms with van der Waals surface area (Å²) in [7, 11) is 0. The van der Waals surface area contributed by atoms with Crippen molar-refractivity contribution in [2.75, 3.05) is 19.8 Å². The molecule has 0 saturated heterocycles. The fraction of sp³-hybridized carbons (Fsp3) is 0.459. The van der Waals surface area contributed by atoms with Crippen molar-refractivity contribution in [2.24, 2.45) is 5.92 Å². The number of benzene rings is 2. The number of aryl methyl sites for hydroxylation is 2. The average Bonchev–Trinajstić information content (AvgIpc) is 3.60. The van der Waals surface area contributed by atoms with Crippen LogP contribution in [0.5, 0.6) is 5.75 Å². The lowest BCUT2D eigenvalue weighted by Gasteiger charge is -2.22. The number of carbonyl (C=O) groups is 6. The standard InChI is InChI=1S/C37H49FN8O8/c1-24(2)18-31(37(53)54)43-36(52)30(19-25-8-4-3-5-9-25)42-34(50)22-39-33(49)21-40-35(51)29(20-26-11-13-28(47)14-12-26)41-32(48)15-17-46-23-27(44-45-46)10-6-7-16-38/h3-5,8-9,11-14,23-24,29-31,47H,6-7,10,15-22H2,1-2H3,(H,39,49)(H,40,51)(H,41,48)(H,42,50)(H,43,52)(H,53,54)/t29-,30-,31-/m0/s1/i38-1. The first kappa shape index (κ1) is 42.5. The minimum atomic E-state index is -1.20. The van der Waals surface area contributed by atoms with Crippen molar-refractivity contribution in [2.45, 2.75) is 83.5 Å². The van der Waals surface area contributed by atoms with Crippen molar-refractivity contribution in [1.29, 1.82) is 0 Å². The maximum absolute atomic E-state index is 13.2. The fourth-order valence-corrected chi connectivity index (χ4v) is 5.32. The number of amides is 5. The van der Waals surface area contributed by atoms with Gasteiger partial charge in [-0.3, -0.25) is 33.0 Å². The van der Waals surface area contributed by atoms with Crippen LogP contribution in [0, 0.1) is 5.92 Å². The van der Waals surface area contributed by atoms with E-state index < -0.39 is 73.4 Å². The van der Waals surface area contributed by atoms with Gasteiger partial charge in [0.2, 0.25) is 29.5 Å². The predicted octanol–water partition coefficient (Wildman–Crippen LogP) is 0.969. The zero-order valence-corrected chi connectivity index (χ0v) is 30.4. The number of aromatic hydroxyl groups is 1. The Labute approximate surface area is 312 Å². The van der Waals surface area contributed by atoms with Gasteiger partial charge in [0, 0.05) is 25.5 Å². The second kappa shape index (κ2) is 22.3. The highest BCUT2D eigenvalue weighted by molar-refractivity contribution is 5.93. The number of aromatic nitrogens is 3. The van der Waals surface area contributed by atoms with Crippen LogP contribution < -0.4 is 26.6 Å². The smallest absolute Gasteiger partial charge is 0.326 e. The Morgan fingerprint density at radius 2 is 1.39 bits per heavy atom. The third kappa shape index (κ3) is 15.8. The molecule has 0 bridgehead atoms. The van der Waals surface area contributed by atoms with Crippen LogP contribution in [0.25, 0.3) is 0 Å². The summed E-state index contributed by atoms with van der Waals surface area (Å²) in [6.07, 6.45) is 3.51. The summed E-state index contributed by atoms with van der Waals surface area (Å²) in [5, 5.41) is 39.8. The summed E-state index contributed by atoms with van der Waals surface area (Å²) in [5.74, 6) is -4.51. The van der Waals surface area contributed by atoms with Gasteiger partial charge in [-0.25, -0.2) is 4.79 Å². The number of aliphatic carboxylic acids is 1. The summed E-state index contributed by atoms with van der Waals surface area (Å²) in [6, 6.07) is 11.4. The first-order chi connectivity index (χ1) is 25.8. The molecule has 0 aliphatic rings. The Morgan fingerprint density at radius 3 is 2.04 bits per heavy atom.